The van der Waals surface area contributed by atoms with Gasteiger partial charge < -0.3 is 10.6 Å². The molecule has 0 saturated carbocycles. The predicted molar refractivity (Wildman–Crippen MR) is 93.9 cm³/mol. The zero-order chi connectivity index (χ0) is 16.2. The van der Waals surface area contributed by atoms with Crippen molar-refractivity contribution in [1.82, 2.24) is 14.1 Å². The SMILES string of the molecule is C[C@@H](NCC(=O)Nc1cccc2nsnc12)c1ccccc1Cl. The molecule has 0 radical (unpaired) electrons. The third-order valence-corrected chi connectivity index (χ3v) is 4.39. The van der Waals surface area contributed by atoms with Crippen LogP contribution >= 0.6 is 23.3 Å². The van der Waals surface area contributed by atoms with Crippen LogP contribution < -0.4 is 10.6 Å². The molecule has 1 aromatic heterocycles. The van der Waals surface area contributed by atoms with Crippen LogP contribution in [0.3, 0.4) is 0 Å². The van der Waals surface area contributed by atoms with Crippen LogP contribution in [0.4, 0.5) is 5.69 Å². The maximum absolute atomic E-state index is 12.1. The van der Waals surface area contributed by atoms with Crippen LogP contribution in [0, 0.1) is 0 Å². The van der Waals surface area contributed by atoms with Gasteiger partial charge in [0.15, 0.2) is 0 Å². The van der Waals surface area contributed by atoms with Gasteiger partial charge in [0.2, 0.25) is 5.91 Å². The molecule has 0 aliphatic heterocycles. The smallest absolute Gasteiger partial charge is 0.238 e. The van der Waals surface area contributed by atoms with Crippen LogP contribution in [0.5, 0.6) is 0 Å². The summed E-state index contributed by atoms with van der Waals surface area (Å²) < 4.78 is 8.36. The highest BCUT2D eigenvalue weighted by Gasteiger charge is 2.12. The summed E-state index contributed by atoms with van der Waals surface area (Å²) in [5, 5.41) is 6.72. The number of hydrogen-bond donors (Lipinski definition) is 2. The summed E-state index contributed by atoms with van der Waals surface area (Å²) in [7, 11) is 0. The van der Waals surface area contributed by atoms with E-state index in [2.05, 4.69) is 19.4 Å². The standard InChI is InChI=1S/C16H15ClN4OS/c1-10(11-5-2-3-6-12(11)17)18-9-15(22)19-13-7-4-8-14-16(13)21-23-20-14/h2-8,10,18H,9H2,1H3,(H,19,22)/t10-/m1/s1. The lowest BCUT2D eigenvalue weighted by atomic mass is 10.1. The highest BCUT2D eigenvalue weighted by atomic mass is 35.5. The lowest BCUT2D eigenvalue weighted by Crippen LogP contribution is -2.30. The van der Waals surface area contributed by atoms with Crippen LogP contribution in [0.15, 0.2) is 42.5 Å². The Morgan fingerprint density at radius 3 is 2.87 bits per heavy atom. The first-order chi connectivity index (χ1) is 11.1. The van der Waals surface area contributed by atoms with Gasteiger partial charge in [-0.25, -0.2) is 0 Å². The summed E-state index contributed by atoms with van der Waals surface area (Å²) in [5.41, 5.74) is 3.14. The van der Waals surface area contributed by atoms with E-state index in [1.54, 1.807) is 0 Å². The second kappa shape index (κ2) is 7.04. The highest BCUT2D eigenvalue weighted by molar-refractivity contribution is 7.00. The maximum atomic E-state index is 12.1. The lowest BCUT2D eigenvalue weighted by Gasteiger charge is -2.15. The fourth-order valence-corrected chi connectivity index (χ4v) is 3.13. The molecule has 0 bridgehead atoms. The minimum atomic E-state index is -0.135. The van der Waals surface area contributed by atoms with Crippen molar-refractivity contribution in [3.63, 3.8) is 0 Å². The summed E-state index contributed by atoms with van der Waals surface area (Å²) in [5.74, 6) is -0.135. The van der Waals surface area contributed by atoms with Crippen molar-refractivity contribution in [2.75, 3.05) is 11.9 Å². The number of fused-ring (bicyclic) bond motifs is 1. The number of hydrogen-bond acceptors (Lipinski definition) is 5. The van der Waals surface area contributed by atoms with Crippen molar-refractivity contribution >= 4 is 46.0 Å². The maximum Gasteiger partial charge on any atom is 0.238 e. The number of anilines is 1. The number of nitrogens with zero attached hydrogens (tertiary/aromatic N) is 2. The average Bonchev–Trinajstić information content (AvgIpc) is 3.03. The number of rotatable bonds is 5. The third kappa shape index (κ3) is 3.67. The molecule has 1 amide bonds. The van der Waals surface area contributed by atoms with Crippen molar-refractivity contribution in [1.29, 1.82) is 0 Å². The Bertz CT molecular complexity index is 836. The van der Waals surface area contributed by atoms with Crippen LogP contribution in [0.25, 0.3) is 11.0 Å². The largest absolute Gasteiger partial charge is 0.323 e. The number of nitrogens with one attached hydrogen (secondary N) is 2. The van der Waals surface area contributed by atoms with Gasteiger partial charge in [0.25, 0.3) is 0 Å². The molecular formula is C16H15ClN4OS. The topological polar surface area (TPSA) is 66.9 Å². The van der Waals surface area contributed by atoms with Crippen molar-refractivity contribution in [2.24, 2.45) is 0 Å². The van der Waals surface area contributed by atoms with E-state index in [4.69, 9.17) is 11.6 Å². The molecule has 1 heterocycles. The first-order valence-electron chi connectivity index (χ1n) is 7.14. The van der Waals surface area contributed by atoms with E-state index in [1.165, 1.54) is 0 Å². The molecule has 2 N–H and O–H groups in total. The first-order valence-corrected chi connectivity index (χ1v) is 8.25. The van der Waals surface area contributed by atoms with Gasteiger partial charge in [-0.2, -0.15) is 8.75 Å². The molecule has 0 aliphatic carbocycles. The molecule has 0 fully saturated rings. The van der Waals surface area contributed by atoms with E-state index in [0.717, 1.165) is 22.8 Å². The molecule has 2 aromatic carbocycles. The minimum absolute atomic E-state index is 0.0221. The summed E-state index contributed by atoms with van der Waals surface area (Å²) in [6.45, 7) is 2.15. The van der Waals surface area contributed by atoms with E-state index in [-0.39, 0.29) is 18.5 Å². The summed E-state index contributed by atoms with van der Waals surface area (Å²) in [6, 6.07) is 13.1. The van der Waals surface area contributed by atoms with E-state index < -0.39 is 0 Å². The molecule has 0 aliphatic rings. The van der Waals surface area contributed by atoms with E-state index in [0.29, 0.717) is 16.2 Å². The average molecular weight is 347 g/mol. The second-order valence-electron chi connectivity index (χ2n) is 5.11. The third-order valence-electron chi connectivity index (χ3n) is 3.50. The van der Waals surface area contributed by atoms with Crippen molar-refractivity contribution in [3.8, 4) is 0 Å². The zero-order valence-electron chi connectivity index (χ0n) is 12.4. The molecular weight excluding hydrogens is 332 g/mol. The van der Waals surface area contributed by atoms with Gasteiger partial charge >= 0.3 is 0 Å². The second-order valence-corrected chi connectivity index (χ2v) is 6.05. The molecule has 3 rings (SSSR count). The molecule has 3 aromatic rings. The molecule has 0 saturated heterocycles. The van der Waals surface area contributed by atoms with E-state index >= 15 is 0 Å². The molecule has 1 atom stereocenters. The number of halogens is 1. The van der Waals surface area contributed by atoms with E-state index in [1.807, 2.05) is 49.4 Å². The Balaban J connectivity index is 1.62. The zero-order valence-corrected chi connectivity index (χ0v) is 14.0. The Morgan fingerprint density at radius 1 is 1.22 bits per heavy atom. The molecule has 0 spiro atoms. The van der Waals surface area contributed by atoms with Gasteiger partial charge in [0.05, 0.1) is 24.0 Å². The number of carbonyl (C=O) groups is 1. The van der Waals surface area contributed by atoms with Crippen LogP contribution in [0.1, 0.15) is 18.5 Å². The first kappa shape index (κ1) is 15.9. The van der Waals surface area contributed by atoms with Gasteiger partial charge in [0, 0.05) is 11.1 Å². The number of carbonyl (C=O) groups excluding carboxylic acids is 1. The van der Waals surface area contributed by atoms with Gasteiger partial charge in [0.1, 0.15) is 11.0 Å². The van der Waals surface area contributed by atoms with Crippen molar-refractivity contribution in [2.45, 2.75) is 13.0 Å². The summed E-state index contributed by atoms with van der Waals surface area (Å²) in [4.78, 5) is 12.1. The Kier molecular flexibility index (Phi) is 4.85. The van der Waals surface area contributed by atoms with Gasteiger partial charge in [-0.1, -0.05) is 35.9 Å². The fraction of sp³-hybridized carbons (Fsp3) is 0.188. The Hall–Kier alpha value is -2.02. The predicted octanol–water partition coefficient (Wildman–Crippen LogP) is 3.63. The number of benzene rings is 2. The fourth-order valence-electron chi connectivity index (χ4n) is 2.28. The van der Waals surface area contributed by atoms with E-state index in [9.17, 15) is 4.79 Å². The highest BCUT2D eigenvalue weighted by Crippen LogP contribution is 2.22. The monoisotopic (exact) mass is 346 g/mol. The Morgan fingerprint density at radius 2 is 2.04 bits per heavy atom. The molecule has 0 unspecified atom stereocenters. The summed E-state index contributed by atoms with van der Waals surface area (Å²) >= 11 is 7.29. The van der Waals surface area contributed by atoms with Crippen LogP contribution in [0.2, 0.25) is 5.02 Å². The molecule has 23 heavy (non-hydrogen) atoms. The normalized spacial score (nSPS) is 12.3. The summed E-state index contributed by atoms with van der Waals surface area (Å²) in [6.07, 6.45) is 0. The van der Waals surface area contributed by atoms with Crippen molar-refractivity contribution < 1.29 is 4.79 Å². The Labute approximate surface area is 143 Å². The van der Waals surface area contributed by atoms with Gasteiger partial charge in [-0.05, 0) is 30.7 Å². The molecule has 118 valence electrons. The van der Waals surface area contributed by atoms with Crippen LogP contribution in [-0.4, -0.2) is 21.2 Å². The molecule has 7 heteroatoms. The lowest BCUT2D eigenvalue weighted by molar-refractivity contribution is -0.115. The number of amides is 1. The van der Waals surface area contributed by atoms with Gasteiger partial charge in [-0.15, -0.1) is 0 Å². The van der Waals surface area contributed by atoms with Gasteiger partial charge in [-0.3, -0.25) is 4.79 Å². The molecule has 5 nitrogen and oxygen atoms in total. The minimum Gasteiger partial charge on any atom is -0.323 e. The quantitative estimate of drug-likeness (QED) is 0.740. The van der Waals surface area contributed by atoms with Crippen molar-refractivity contribution in [3.05, 3.63) is 53.1 Å². The van der Waals surface area contributed by atoms with Crippen LogP contribution in [-0.2, 0) is 4.79 Å². The number of aromatic nitrogens is 2.